The highest BCUT2D eigenvalue weighted by Gasteiger charge is 2.17. The van der Waals surface area contributed by atoms with Crippen molar-refractivity contribution in [1.29, 1.82) is 0 Å². The monoisotopic (exact) mass is 209 g/mol. The zero-order valence-corrected chi connectivity index (χ0v) is 9.02. The molecule has 1 aromatic heterocycles. The van der Waals surface area contributed by atoms with Crippen LogP contribution in [0.4, 0.5) is 0 Å². The Kier molecular flexibility index (Phi) is 3.44. The van der Waals surface area contributed by atoms with Gasteiger partial charge in [0.25, 0.3) is 0 Å². The Morgan fingerprint density at radius 3 is 3.00 bits per heavy atom. The fourth-order valence-electron chi connectivity index (χ4n) is 2.27. The van der Waals surface area contributed by atoms with Crippen LogP contribution in [0.5, 0.6) is 0 Å². The molecule has 3 heteroatoms. The van der Waals surface area contributed by atoms with Gasteiger partial charge in [-0.25, -0.2) is 0 Å². The molecule has 84 valence electrons. The van der Waals surface area contributed by atoms with Gasteiger partial charge in [0.1, 0.15) is 0 Å². The minimum Gasteiger partial charge on any atom is -0.396 e. The topological polar surface area (TPSA) is 45.4 Å². The quantitative estimate of drug-likeness (QED) is 0.743. The molecule has 0 saturated carbocycles. The van der Waals surface area contributed by atoms with E-state index in [0.717, 1.165) is 37.8 Å². The van der Waals surface area contributed by atoms with Crippen molar-refractivity contribution < 1.29 is 10.2 Å². The van der Waals surface area contributed by atoms with Gasteiger partial charge < -0.3 is 14.8 Å². The molecule has 2 rings (SSSR count). The summed E-state index contributed by atoms with van der Waals surface area (Å²) in [5, 5.41) is 18.7. The van der Waals surface area contributed by atoms with Crippen molar-refractivity contribution in [1.82, 2.24) is 4.57 Å². The van der Waals surface area contributed by atoms with E-state index >= 15 is 0 Å². The lowest BCUT2D eigenvalue weighted by Crippen LogP contribution is -1.98. The standard InChI is InChI=1S/C12H19NO2/c14-7-3-6-13-8-10-4-1-2-5-12(15)11(10)9-13/h8-9,12,14-15H,1-7H2. The maximum atomic E-state index is 9.92. The summed E-state index contributed by atoms with van der Waals surface area (Å²) in [4.78, 5) is 0. The lowest BCUT2D eigenvalue weighted by Gasteiger charge is -2.06. The molecule has 15 heavy (non-hydrogen) atoms. The zero-order chi connectivity index (χ0) is 10.7. The first-order valence-corrected chi connectivity index (χ1v) is 5.78. The number of hydrogen-bond donors (Lipinski definition) is 2. The number of hydrogen-bond acceptors (Lipinski definition) is 2. The molecule has 0 aromatic carbocycles. The van der Waals surface area contributed by atoms with Crippen molar-refractivity contribution in [3.8, 4) is 0 Å². The molecule has 1 aliphatic rings. The fraction of sp³-hybridized carbons (Fsp3) is 0.667. The highest BCUT2D eigenvalue weighted by atomic mass is 16.3. The van der Waals surface area contributed by atoms with Gasteiger partial charge in [0.05, 0.1) is 6.10 Å². The molecule has 1 aliphatic carbocycles. The Balaban J connectivity index is 2.14. The van der Waals surface area contributed by atoms with E-state index in [-0.39, 0.29) is 12.7 Å². The predicted molar refractivity (Wildman–Crippen MR) is 58.6 cm³/mol. The summed E-state index contributed by atoms with van der Waals surface area (Å²) in [5.41, 5.74) is 2.39. The minimum atomic E-state index is -0.280. The number of aliphatic hydroxyl groups is 2. The van der Waals surface area contributed by atoms with Crippen LogP contribution in [0.1, 0.15) is 42.9 Å². The summed E-state index contributed by atoms with van der Waals surface area (Å²) < 4.78 is 2.09. The first kappa shape index (κ1) is 10.7. The summed E-state index contributed by atoms with van der Waals surface area (Å²) in [6.07, 6.45) is 8.93. The van der Waals surface area contributed by atoms with Gasteiger partial charge in [0, 0.05) is 31.1 Å². The third-order valence-corrected chi connectivity index (χ3v) is 3.10. The molecule has 0 spiro atoms. The smallest absolute Gasteiger partial charge is 0.0807 e. The number of nitrogens with zero attached hydrogens (tertiary/aromatic N) is 1. The molecule has 0 amide bonds. The molecule has 1 atom stereocenters. The van der Waals surface area contributed by atoms with E-state index in [9.17, 15) is 5.11 Å². The van der Waals surface area contributed by atoms with Crippen LogP contribution in [-0.2, 0) is 13.0 Å². The van der Waals surface area contributed by atoms with Gasteiger partial charge in [-0.2, -0.15) is 0 Å². The molecule has 3 nitrogen and oxygen atoms in total. The minimum absolute atomic E-state index is 0.228. The summed E-state index contributed by atoms with van der Waals surface area (Å²) in [6, 6.07) is 0. The van der Waals surface area contributed by atoms with Gasteiger partial charge in [-0.15, -0.1) is 0 Å². The van der Waals surface area contributed by atoms with Gasteiger partial charge in [0.2, 0.25) is 0 Å². The fourth-order valence-corrected chi connectivity index (χ4v) is 2.27. The van der Waals surface area contributed by atoms with Crippen LogP contribution in [-0.4, -0.2) is 21.4 Å². The van der Waals surface area contributed by atoms with Crippen LogP contribution in [0.2, 0.25) is 0 Å². The Labute approximate surface area is 90.4 Å². The molecular weight excluding hydrogens is 190 g/mol. The largest absolute Gasteiger partial charge is 0.396 e. The molecule has 0 saturated heterocycles. The maximum absolute atomic E-state index is 9.92. The lowest BCUT2D eigenvalue weighted by molar-refractivity contribution is 0.166. The Morgan fingerprint density at radius 1 is 1.33 bits per heavy atom. The number of rotatable bonds is 3. The van der Waals surface area contributed by atoms with E-state index in [4.69, 9.17) is 5.11 Å². The SMILES string of the molecule is OCCCn1cc2c(c1)C(O)CCCC2. The van der Waals surface area contributed by atoms with Crippen LogP contribution in [0, 0.1) is 0 Å². The van der Waals surface area contributed by atoms with Gasteiger partial charge in [-0.05, 0) is 31.2 Å². The molecule has 0 radical (unpaired) electrons. The second kappa shape index (κ2) is 4.81. The van der Waals surface area contributed by atoms with E-state index in [1.54, 1.807) is 0 Å². The van der Waals surface area contributed by atoms with E-state index in [1.165, 1.54) is 12.0 Å². The lowest BCUT2D eigenvalue weighted by atomic mass is 10.1. The number of fused-ring (bicyclic) bond motifs is 1. The Bertz CT molecular complexity index is 319. The third kappa shape index (κ3) is 2.41. The van der Waals surface area contributed by atoms with Crippen LogP contribution < -0.4 is 0 Å². The summed E-state index contributed by atoms with van der Waals surface area (Å²) in [7, 11) is 0. The number of aromatic nitrogens is 1. The highest BCUT2D eigenvalue weighted by molar-refractivity contribution is 5.27. The molecular formula is C12H19NO2. The molecule has 0 fully saturated rings. The van der Waals surface area contributed by atoms with Gasteiger partial charge in [-0.1, -0.05) is 6.42 Å². The van der Waals surface area contributed by atoms with E-state index in [1.807, 2.05) is 6.20 Å². The van der Waals surface area contributed by atoms with Gasteiger partial charge in [0.15, 0.2) is 0 Å². The van der Waals surface area contributed by atoms with Crippen molar-refractivity contribution >= 4 is 0 Å². The molecule has 1 heterocycles. The molecule has 1 unspecified atom stereocenters. The van der Waals surface area contributed by atoms with Crippen LogP contribution in [0.15, 0.2) is 12.4 Å². The summed E-state index contributed by atoms with van der Waals surface area (Å²) in [5.74, 6) is 0. The number of aryl methyl sites for hydroxylation is 2. The van der Waals surface area contributed by atoms with Crippen LogP contribution in [0.25, 0.3) is 0 Å². The van der Waals surface area contributed by atoms with E-state index < -0.39 is 0 Å². The van der Waals surface area contributed by atoms with Crippen molar-refractivity contribution in [3.63, 3.8) is 0 Å². The summed E-state index contributed by atoms with van der Waals surface area (Å²) >= 11 is 0. The highest BCUT2D eigenvalue weighted by Crippen LogP contribution is 2.29. The van der Waals surface area contributed by atoms with Gasteiger partial charge >= 0.3 is 0 Å². The van der Waals surface area contributed by atoms with Crippen molar-refractivity contribution in [3.05, 3.63) is 23.5 Å². The first-order chi connectivity index (χ1) is 7.31. The van der Waals surface area contributed by atoms with Crippen LogP contribution in [0.3, 0.4) is 0 Å². The normalized spacial score (nSPS) is 21.1. The average Bonchev–Trinajstić information content (AvgIpc) is 2.57. The van der Waals surface area contributed by atoms with Gasteiger partial charge in [-0.3, -0.25) is 0 Å². The molecule has 0 bridgehead atoms. The first-order valence-electron chi connectivity index (χ1n) is 5.78. The number of aliphatic hydroxyl groups excluding tert-OH is 2. The van der Waals surface area contributed by atoms with E-state index in [2.05, 4.69) is 10.8 Å². The average molecular weight is 209 g/mol. The second-order valence-corrected chi connectivity index (χ2v) is 4.32. The van der Waals surface area contributed by atoms with Crippen molar-refractivity contribution in [2.45, 2.75) is 44.8 Å². The van der Waals surface area contributed by atoms with Crippen molar-refractivity contribution in [2.24, 2.45) is 0 Å². The molecule has 0 aliphatic heterocycles. The molecule has 2 N–H and O–H groups in total. The third-order valence-electron chi connectivity index (χ3n) is 3.10. The Hall–Kier alpha value is -0.800. The van der Waals surface area contributed by atoms with E-state index in [0.29, 0.717) is 0 Å². The zero-order valence-electron chi connectivity index (χ0n) is 9.02. The second-order valence-electron chi connectivity index (χ2n) is 4.32. The molecule has 1 aromatic rings. The Morgan fingerprint density at radius 2 is 2.20 bits per heavy atom. The maximum Gasteiger partial charge on any atom is 0.0807 e. The summed E-state index contributed by atoms with van der Waals surface area (Å²) in [6.45, 7) is 1.07. The van der Waals surface area contributed by atoms with Crippen molar-refractivity contribution in [2.75, 3.05) is 6.61 Å². The van der Waals surface area contributed by atoms with Crippen LogP contribution >= 0.6 is 0 Å². The predicted octanol–water partition coefficient (Wildman–Crippen LogP) is 1.63.